The largest absolute Gasteiger partial charge is 0.351 e. The van der Waals surface area contributed by atoms with Gasteiger partial charge in [0.15, 0.2) is 9.84 Å². The van der Waals surface area contributed by atoms with E-state index in [1.807, 2.05) is 4.90 Å². The first kappa shape index (κ1) is 28.4. The number of benzene rings is 2. The lowest BCUT2D eigenvalue weighted by molar-refractivity contribution is 0.0948. The quantitative estimate of drug-likeness (QED) is 0.376. The standard InChI is InChI=1S/C28H30F2N4O4S/c1-19-16-22(8-9-31-19)27(33-36)18-25(24-7-6-23(29)17-26(24)30)20-2-4-21(5-3-20)28(35)32-10-11-34-12-14-39(37,38)15-13-34/h2-9,16-17,25,27H,10-15,18H2,1H3,(H,32,35). The number of carbonyl (C=O) groups excluding carboxylic acids is 1. The summed E-state index contributed by atoms with van der Waals surface area (Å²) in [6.07, 6.45) is 1.71. The molecule has 2 heterocycles. The number of carbonyl (C=O) groups is 1. The molecule has 3 aromatic rings. The van der Waals surface area contributed by atoms with Crippen LogP contribution in [0.15, 0.2) is 66.0 Å². The topological polar surface area (TPSA) is 109 Å². The number of nitroso groups, excluding NO2 is 1. The van der Waals surface area contributed by atoms with Crippen LogP contribution < -0.4 is 5.32 Å². The monoisotopic (exact) mass is 556 g/mol. The predicted molar refractivity (Wildman–Crippen MR) is 144 cm³/mol. The molecule has 39 heavy (non-hydrogen) atoms. The van der Waals surface area contributed by atoms with Crippen LogP contribution in [0.25, 0.3) is 0 Å². The maximum atomic E-state index is 14.9. The molecule has 0 spiro atoms. The fourth-order valence-electron chi connectivity index (χ4n) is 4.73. The van der Waals surface area contributed by atoms with E-state index in [1.54, 1.807) is 49.5 Å². The summed E-state index contributed by atoms with van der Waals surface area (Å²) >= 11 is 0. The van der Waals surface area contributed by atoms with Gasteiger partial charge in [0, 0.05) is 55.6 Å². The average molecular weight is 557 g/mol. The third kappa shape index (κ3) is 7.51. The number of amides is 1. The lowest BCUT2D eigenvalue weighted by Gasteiger charge is -2.26. The molecule has 11 heteroatoms. The first-order valence-corrected chi connectivity index (χ1v) is 14.5. The van der Waals surface area contributed by atoms with Gasteiger partial charge in [-0.05, 0) is 60.4 Å². The Morgan fingerprint density at radius 1 is 1.05 bits per heavy atom. The molecule has 1 aliphatic rings. The molecule has 1 amide bonds. The summed E-state index contributed by atoms with van der Waals surface area (Å²) < 4.78 is 51.7. The zero-order valence-electron chi connectivity index (χ0n) is 21.5. The van der Waals surface area contributed by atoms with E-state index >= 15 is 0 Å². The Labute approximate surface area is 226 Å². The van der Waals surface area contributed by atoms with Gasteiger partial charge in [-0.25, -0.2) is 17.2 Å². The van der Waals surface area contributed by atoms with E-state index in [4.69, 9.17) is 0 Å². The van der Waals surface area contributed by atoms with Crippen LogP contribution in [-0.4, -0.2) is 61.9 Å². The number of aromatic nitrogens is 1. The van der Waals surface area contributed by atoms with Crippen LogP contribution in [0.2, 0.25) is 0 Å². The van der Waals surface area contributed by atoms with Crippen LogP contribution in [0, 0.1) is 23.5 Å². The molecule has 0 bridgehead atoms. The van der Waals surface area contributed by atoms with Crippen LogP contribution in [0.5, 0.6) is 0 Å². The molecule has 1 aromatic heterocycles. The number of rotatable bonds is 10. The number of hydrogen-bond acceptors (Lipinski definition) is 7. The summed E-state index contributed by atoms with van der Waals surface area (Å²) in [5.74, 6) is -2.12. The van der Waals surface area contributed by atoms with Crippen LogP contribution in [-0.2, 0) is 9.84 Å². The lowest BCUT2D eigenvalue weighted by atomic mass is 9.84. The first-order chi connectivity index (χ1) is 18.6. The van der Waals surface area contributed by atoms with Gasteiger partial charge in [0.1, 0.15) is 17.7 Å². The summed E-state index contributed by atoms with van der Waals surface area (Å²) in [7, 11) is -2.96. The van der Waals surface area contributed by atoms with E-state index in [2.05, 4.69) is 15.5 Å². The maximum Gasteiger partial charge on any atom is 0.251 e. The highest BCUT2D eigenvalue weighted by Crippen LogP contribution is 2.37. The van der Waals surface area contributed by atoms with Crippen molar-refractivity contribution in [3.05, 3.63) is 105 Å². The van der Waals surface area contributed by atoms with Crippen molar-refractivity contribution >= 4 is 15.7 Å². The second-order valence-corrected chi connectivity index (χ2v) is 12.0. The van der Waals surface area contributed by atoms with Gasteiger partial charge in [0.2, 0.25) is 0 Å². The summed E-state index contributed by atoms with van der Waals surface area (Å²) in [5.41, 5.74) is 2.62. The molecule has 0 radical (unpaired) electrons. The second-order valence-electron chi connectivity index (χ2n) is 9.68. The number of pyridine rings is 1. The number of nitrogens with zero attached hydrogens (tertiary/aromatic N) is 3. The molecule has 0 saturated carbocycles. The Balaban J connectivity index is 1.49. The zero-order chi connectivity index (χ0) is 28.0. The Morgan fingerprint density at radius 2 is 1.77 bits per heavy atom. The number of halogens is 2. The molecule has 0 aliphatic carbocycles. The fraction of sp³-hybridized carbons (Fsp3) is 0.357. The van der Waals surface area contributed by atoms with E-state index in [9.17, 15) is 26.9 Å². The van der Waals surface area contributed by atoms with Gasteiger partial charge >= 0.3 is 0 Å². The minimum atomic E-state index is -2.96. The zero-order valence-corrected chi connectivity index (χ0v) is 22.3. The summed E-state index contributed by atoms with van der Waals surface area (Å²) in [4.78, 5) is 30.7. The SMILES string of the molecule is Cc1cc(C(CC(c2ccc(C(=O)NCCN3CCS(=O)(=O)CC3)cc2)c2ccc(F)cc2F)N=O)ccn1. The van der Waals surface area contributed by atoms with Crippen molar-refractivity contribution in [2.24, 2.45) is 5.18 Å². The van der Waals surface area contributed by atoms with Crippen LogP contribution in [0.3, 0.4) is 0 Å². The molecule has 1 saturated heterocycles. The van der Waals surface area contributed by atoms with E-state index in [0.717, 1.165) is 6.07 Å². The third-order valence-electron chi connectivity index (χ3n) is 6.96. The van der Waals surface area contributed by atoms with Crippen molar-refractivity contribution in [3.63, 3.8) is 0 Å². The van der Waals surface area contributed by atoms with Crippen molar-refractivity contribution in [1.82, 2.24) is 15.2 Å². The van der Waals surface area contributed by atoms with Crippen LogP contribution in [0.1, 0.15) is 51.1 Å². The summed E-state index contributed by atoms with van der Waals surface area (Å²) in [6.45, 7) is 3.60. The lowest BCUT2D eigenvalue weighted by Crippen LogP contribution is -2.43. The fourth-order valence-corrected chi connectivity index (χ4v) is 6.01. The Kier molecular flexibility index (Phi) is 9.13. The second kappa shape index (κ2) is 12.5. The van der Waals surface area contributed by atoms with Crippen molar-refractivity contribution in [1.29, 1.82) is 0 Å². The van der Waals surface area contributed by atoms with E-state index in [-0.39, 0.29) is 29.4 Å². The molecule has 4 rings (SSSR count). The van der Waals surface area contributed by atoms with Crippen molar-refractivity contribution in [3.8, 4) is 0 Å². The van der Waals surface area contributed by atoms with Crippen LogP contribution in [0.4, 0.5) is 8.78 Å². The van der Waals surface area contributed by atoms with Gasteiger partial charge < -0.3 is 5.32 Å². The minimum absolute atomic E-state index is 0.124. The highest BCUT2D eigenvalue weighted by molar-refractivity contribution is 7.91. The molecule has 2 aromatic carbocycles. The normalized spacial score (nSPS) is 16.8. The molecule has 2 unspecified atom stereocenters. The van der Waals surface area contributed by atoms with Crippen molar-refractivity contribution < 1.29 is 22.0 Å². The van der Waals surface area contributed by atoms with Gasteiger partial charge in [-0.1, -0.05) is 23.4 Å². The summed E-state index contributed by atoms with van der Waals surface area (Å²) in [5, 5.41) is 6.12. The average Bonchev–Trinajstić information content (AvgIpc) is 2.91. The van der Waals surface area contributed by atoms with Gasteiger partial charge in [-0.15, -0.1) is 0 Å². The Morgan fingerprint density at radius 3 is 2.41 bits per heavy atom. The summed E-state index contributed by atoms with van der Waals surface area (Å²) in [6, 6.07) is 12.6. The molecular formula is C28H30F2N4O4S. The van der Waals surface area contributed by atoms with Gasteiger partial charge in [-0.3, -0.25) is 14.7 Å². The predicted octanol–water partition coefficient (Wildman–Crippen LogP) is 4.16. The number of aryl methyl sites for hydroxylation is 1. The maximum absolute atomic E-state index is 14.9. The van der Waals surface area contributed by atoms with Crippen molar-refractivity contribution in [2.75, 3.05) is 37.7 Å². The number of sulfone groups is 1. The number of nitrogens with one attached hydrogen (secondary N) is 1. The molecule has 1 fully saturated rings. The molecule has 206 valence electrons. The number of hydrogen-bond donors (Lipinski definition) is 1. The van der Waals surface area contributed by atoms with Gasteiger partial charge in [0.05, 0.1) is 11.5 Å². The van der Waals surface area contributed by atoms with E-state index in [1.165, 1.54) is 12.1 Å². The highest BCUT2D eigenvalue weighted by atomic mass is 32.2. The molecule has 1 N–H and O–H groups in total. The molecule has 2 atom stereocenters. The van der Waals surface area contributed by atoms with Gasteiger partial charge in [-0.2, -0.15) is 4.91 Å². The molecular weight excluding hydrogens is 526 g/mol. The highest BCUT2D eigenvalue weighted by Gasteiger charge is 2.25. The first-order valence-electron chi connectivity index (χ1n) is 12.7. The van der Waals surface area contributed by atoms with Crippen molar-refractivity contribution in [2.45, 2.75) is 25.3 Å². The minimum Gasteiger partial charge on any atom is -0.351 e. The van der Waals surface area contributed by atoms with Crippen LogP contribution >= 0.6 is 0 Å². The molecule has 1 aliphatic heterocycles. The van der Waals surface area contributed by atoms with Gasteiger partial charge in [0.25, 0.3) is 5.91 Å². The Bertz CT molecular complexity index is 1420. The third-order valence-corrected chi connectivity index (χ3v) is 8.56. The Hall–Kier alpha value is -3.57. The molecule has 8 nitrogen and oxygen atoms in total. The smallest absolute Gasteiger partial charge is 0.251 e. The van der Waals surface area contributed by atoms with E-state index < -0.39 is 33.4 Å². The van der Waals surface area contributed by atoms with E-state index in [0.29, 0.717) is 48.6 Å².